The van der Waals surface area contributed by atoms with E-state index in [2.05, 4.69) is 24.7 Å². The SMILES string of the molecule is Cc1nn(COCC[Si](C)(C)C)c(/C=C/N(C)C)c1[N+](=O)[O-]. The Bertz CT molecular complexity index is 547. The molecule has 1 aromatic rings. The minimum atomic E-state index is -1.15. The maximum Gasteiger partial charge on any atom is 0.317 e. The molecule has 0 aromatic carbocycles. The van der Waals surface area contributed by atoms with Crippen LogP contribution in [0.2, 0.25) is 25.7 Å². The molecule has 0 fully saturated rings. The Kier molecular flexibility index (Phi) is 6.30. The molecule has 0 unspecified atom stereocenters. The number of hydrogen-bond acceptors (Lipinski definition) is 5. The Balaban J connectivity index is 2.89. The van der Waals surface area contributed by atoms with Crippen LogP contribution in [0.15, 0.2) is 6.20 Å². The molecule has 0 radical (unpaired) electrons. The smallest absolute Gasteiger partial charge is 0.317 e. The highest BCUT2D eigenvalue weighted by Crippen LogP contribution is 2.24. The molecule has 0 spiro atoms. The molecule has 7 nitrogen and oxygen atoms in total. The molecule has 1 rings (SSSR count). The Hall–Kier alpha value is -1.67. The van der Waals surface area contributed by atoms with Crippen LogP contribution in [0, 0.1) is 17.0 Å². The van der Waals surface area contributed by atoms with Gasteiger partial charge < -0.3 is 9.64 Å². The first-order chi connectivity index (χ1) is 10.1. The number of nitro groups is 1. The second-order valence-corrected chi connectivity index (χ2v) is 12.3. The van der Waals surface area contributed by atoms with Crippen molar-refractivity contribution < 1.29 is 9.66 Å². The second kappa shape index (κ2) is 7.55. The van der Waals surface area contributed by atoms with Gasteiger partial charge in [0.15, 0.2) is 0 Å². The summed E-state index contributed by atoms with van der Waals surface area (Å²) in [6, 6.07) is 1.05. The van der Waals surface area contributed by atoms with Crippen molar-refractivity contribution >= 4 is 19.8 Å². The zero-order valence-corrected chi connectivity index (χ0v) is 15.3. The molecule has 0 atom stereocenters. The van der Waals surface area contributed by atoms with Gasteiger partial charge in [-0.05, 0) is 19.0 Å². The summed E-state index contributed by atoms with van der Waals surface area (Å²) in [5, 5.41) is 15.5. The predicted octanol–water partition coefficient (Wildman–Crippen LogP) is 2.94. The topological polar surface area (TPSA) is 73.4 Å². The molecule has 0 aliphatic carbocycles. The van der Waals surface area contributed by atoms with Crippen LogP contribution >= 0.6 is 0 Å². The Morgan fingerprint density at radius 1 is 1.41 bits per heavy atom. The van der Waals surface area contributed by atoms with Crippen molar-refractivity contribution in [3.63, 3.8) is 0 Å². The monoisotopic (exact) mass is 326 g/mol. The first-order valence-electron chi connectivity index (χ1n) is 7.26. The third kappa shape index (κ3) is 5.61. The molecule has 0 aliphatic heterocycles. The van der Waals surface area contributed by atoms with Crippen LogP contribution in [0.5, 0.6) is 0 Å². The summed E-state index contributed by atoms with van der Waals surface area (Å²) in [7, 11) is 2.58. The van der Waals surface area contributed by atoms with E-state index in [9.17, 15) is 10.1 Å². The van der Waals surface area contributed by atoms with Gasteiger partial charge in [0, 0.05) is 35.0 Å². The van der Waals surface area contributed by atoms with Crippen molar-refractivity contribution in [3.05, 3.63) is 27.7 Å². The van der Waals surface area contributed by atoms with Crippen molar-refractivity contribution in [2.24, 2.45) is 0 Å². The van der Waals surface area contributed by atoms with Gasteiger partial charge in [0.2, 0.25) is 0 Å². The molecule has 0 saturated heterocycles. The zero-order chi connectivity index (χ0) is 16.9. The lowest BCUT2D eigenvalue weighted by atomic mass is 10.3. The van der Waals surface area contributed by atoms with E-state index in [0.29, 0.717) is 18.0 Å². The first kappa shape index (κ1) is 18.4. The standard InChI is InChI=1S/C14H26N4O3Si/c1-12-14(18(19)20)13(7-8-16(2)3)17(15-12)11-21-9-10-22(4,5)6/h7-8H,9-11H2,1-6H3/b8-7+. The van der Waals surface area contributed by atoms with E-state index in [-0.39, 0.29) is 12.4 Å². The van der Waals surface area contributed by atoms with Gasteiger partial charge in [0.25, 0.3) is 0 Å². The summed E-state index contributed by atoms with van der Waals surface area (Å²) >= 11 is 0. The number of rotatable bonds is 8. The first-order valence-corrected chi connectivity index (χ1v) is 11.0. The van der Waals surface area contributed by atoms with E-state index in [1.807, 2.05) is 19.0 Å². The molecule has 124 valence electrons. The van der Waals surface area contributed by atoms with E-state index in [1.165, 1.54) is 0 Å². The van der Waals surface area contributed by atoms with Gasteiger partial charge >= 0.3 is 5.69 Å². The summed E-state index contributed by atoms with van der Waals surface area (Å²) in [6.45, 7) is 9.37. The highest BCUT2D eigenvalue weighted by molar-refractivity contribution is 6.76. The Morgan fingerprint density at radius 3 is 2.55 bits per heavy atom. The summed E-state index contributed by atoms with van der Waals surface area (Å²) in [5.74, 6) is 0. The maximum absolute atomic E-state index is 11.2. The third-order valence-electron chi connectivity index (χ3n) is 3.06. The molecule has 0 amide bonds. The van der Waals surface area contributed by atoms with Gasteiger partial charge in [-0.25, -0.2) is 4.68 Å². The minimum absolute atomic E-state index is 0.0342. The molecule has 0 bridgehead atoms. The normalized spacial score (nSPS) is 12.1. The summed E-state index contributed by atoms with van der Waals surface area (Å²) in [6.07, 6.45) is 3.46. The lowest BCUT2D eigenvalue weighted by Gasteiger charge is -2.15. The number of hydrogen-bond donors (Lipinski definition) is 0. The van der Waals surface area contributed by atoms with Crippen molar-refractivity contribution in [2.75, 3.05) is 20.7 Å². The van der Waals surface area contributed by atoms with Gasteiger partial charge in [0.05, 0.1) is 4.92 Å². The Morgan fingerprint density at radius 2 is 2.05 bits per heavy atom. The van der Waals surface area contributed by atoms with E-state index in [4.69, 9.17) is 4.74 Å². The summed E-state index contributed by atoms with van der Waals surface area (Å²) < 4.78 is 7.21. The molecular formula is C14H26N4O3Si. The Labute approximate surface area is 132 Å². The zero-order valence-electron chi connectivity index (χ0n) is 14.3. The van der Waals surface area contributed by atoms with E-state index < -0.39 is 13.0 Å². The molecule has 1 aromatic heterocycles. The van der Waals surface area contributed by atoms with Gasteiger partial charge in [0.1, 0.15) is 18.1 Å². The van der Waals surface area contributed by atoms with Gasteiger partial charge in [-0.3, -0.25) is 10.1 Å². The number of aromatic nitrogens is 2. The molecule has 8 heteroatoms. The molecule has 0 saturated carbocycles. The van der Waals surface area contributed by atoms with Crippen LogP contribution < -0.4 is 0 Å². The van der Waals surface area contributed by atoms with Crippen LogP contribution in [0.3, 0.4) is 0 Å². The molecule has 1 heterocycles. The number of aryl methyl sites for hydroxylation is 1. The van der Waals surface area contributed by atoms with Crippen molar-refractivity contribution in [1.29, 1.82) is 0 Å². The van der Waals surface area contributed by atoms with Crippen molar-refractivity contribution in [2.45, 2.75) is 39.3 Å². The highest BCUT2D eigenvalue weighted by atomic mass is 28.3. The maximum atomic E-state index is 11.2. The molecule has 0 aliphatic rings. The van der Waals surface area contributed by atoms with Crippen LogP contribution in [0.25, 0.3) is 6.08 Å². The fourth-order valence-corrected chi connectivity index (χ4v) is 2.58. The quantitative estimate of drug-likeness (QED) is 0.318. The predicted molar refractivity (Wildman–Crippen MR) is 90.4 cm³/mol. The van der Waals surface area contributed by atoms with Gasteiger partial charge in [-0.1, -0.05) is 19.6 Å². The molecule has 0 N–H and O–H groups in total. The fraction of sp³-hybridized carbons (Fsp3) is 0.643. The van der Waals surface area contributed by atoms with Crippen LogP contribution in [0.4, 0.5) is 5.69 Å². The van der Waals surface area contributed by atoms with Gasteiger partial charge in [-0.2, -0.15) is 5.10 Å². The average Bonchev–Trinajstić information content (AvgIpc) is 2.67. The van der Waals surface area contributed by atoms with Crippen molar-refractivity contribution in [3.8, 4) is 0 Å². The summed E-state index contributed by atoms with van der Waals surface area (Å²) in [5.41, 5.74) is 0.897. The molecular weight excluding hydrogens is 300 g/mol. The van der Waals surface area contributed by atoms with E-state index in [0.717, 1.165) is 6.04 Å². The largest absolute Gasteiger partial charge is 0.383 e. The second-order valence-electron chi connectivity index (χ2n) is 6.70. The third-order valence-corrected chi connectivity index (χ3v) is 4.76. The minimum Gasteiger partial charge on any atom is -0.383 e. The molecule has 22 heavy (non-hydrogen) atoms. The summed E-state index contributed by atoms with van der Waals surface area (Å²) in [4.78, 5) is 12.7. The van der Waals surface area contributed by atoms with Gasteiger partial charge in [-0.15, -0.1) is 0 Å². The van der Waals surface area contributed by atoms with Crippen molar-refractivity contribution in [1.82, 2.24) is 14.7 Å². The highest BCUT2D eigenvalue weighted by Gasteiger charge is 2.23. The van der Waals surface area contributed by atoms with E-state index >= 15 is 0 Å². The lowest BCUT2D eigenvalue weighted by molar-refractivity contribution is -0.385. The lowest BCUT2D eigenvalue weighted by Crippen LogP contribution is -2.22. The number of nitrogens with zero attached hydrogens (tertiary/aromatic N) is 4. The number of ether oxygens (including phenoxy) is 1. The van der Waals surface area contributed by atoms with Crippen LogP contribution in [-0.2, 0) is 11.5 Å². The van der Waals surface area contributed by atoms with Crippen LogP contribution in [-0.4, -0.2) is 48.4 Å². The fourth-order valence-electron chi connectivity index (χ4n) is 1.83. The average molecular weight is 326 g/mol. The van der Waals surface area contributed by atoms with E-state index in [1.54, 1.807) is 23.9 Å². The van der Waals surface area contributed by atoms with Crippen LogP contribution in [0.1, 0.15) is 11.4 Å².